The Kier molecular flexibility index (Phi) is 7.69. The fraction of sp³-hybridized carbons (Fsp3) is 0.143. The highest BCUT2D eigenvalue weighted by atomic mass is 35.5. The number of carbonyl (C=O) groups excluding carboxylic acids is 1. The van der Waals surface area contributed by atoms with Crippen molar-refractivity contribution in [1.82, 2.24) is 19.7 Å². The third-order valence-electron chi connectivity index (χ3n) is 5.69. The number of thiazole rings is 1. The van der Waals surface area contributed by atoms with Gasteiger partial charge in [-0.25, -0.2) is 4.98 Å². The number of amides is 1. The van der Waals surface area contributed by atoms with Crippen LogP contribution in [0.4, 0.5) is 5.13 Å². The molecule has 2 aromatic heterocycles. The largest absolute Gasteiger partial charge is 0.301 e. The van der Waals surface area contributed by atoms with Gasteiger partial charge in [0.1, 0.15) is 0 Å². The van der Waals surface area contributed by atoms with Crippen LogP contribution in [0.3, 0.4) is 0 Å². The maximum absolute atomic E-state index is 12.8. The van der Waals surface area contributed by atoms with E-state index in [2.05, 4.69) is 46.5 Å². The number of para-hydroxylation sites is 1. The molecule has 6 nitrogen and oxygen atoms in total. The second-order valence-electron chi connectivity index (χ2n) is 8.60. The Labute approximate surface area is 228 Å². The summed E-state index contributed by atoms with van der Waals surface area (Å²) in [6.07, 6.45) is 0. The second kappa shape index (κ2) is 11.3. The topological polar surface area (TPSA) is 72.7 Å². The Hall–Kier alpha value is -3.46. The molecule has 0 saturated heterocycles. The van der Waals surface area contributed by atoms with Crippen LogP contribution in [0.1, 0.15) is 25.3 Å². The van der Waals surface area contributed by atoms with Crippen LogP contribution < -0.4 is 5.32 Å². The van der Waals surface area contributed by atoms with E-state index in [-0.39, 0.29) is 11.7 Å². The van der Waals surface area contributed by atoms with E-state index in [9.17, 15) is 4.79 Å². The zero-order chi connectivity index (χ0) is 25.8. The molecule has 1 N–H and O–H groups in total. The zero-order valence-corrected chi connectivity index (χ0v) is 22.6. The molecule has 3 aromatic carbocycles. The van der Waals surface area contributed by atoms with Crippen molar-refractivity contribution in [3.8, 4) is 28.3 Å². The summed E-state index contributed by atoms with van der Waals surface area (Å²) in [5.41, 5.74) is 4.90. The van der Waals surface area contributed by atoms with Gasteiger partial charge in [0.2, 0.25) is 5.91 Å². The number of carbonyl (C=O) groups is 1. The second-order valence-corrected chi connectivity index (χ2v) is 10.8. The first-order valence-corrected chi connectivity index (χ1v) is 14.0. The zero-order valence-electron chi connectivity index (χ0n) is 20.3. The highest BCUT2D eigenvalue weighted by Crippen LogP contribution is 2.33. The van der Waals surface area contributed by atoms with Crippen molar-refractivity contribution >= 4 is 45.7 Å². The van der Waals surface area contributed by atoms with Crippen molar-refractivity contribution < 1.29 is 4.79 Å². The fourth-order valence-corrected chi connectivity index (χ4v) is 5.51. The molecule has 37 heavy (non-hydrogen) atoms. The fourth-order valence-electron chi connectivity index (χ4n) is 3.90. The summed E-state index contributed by atoms with van der Waals surface area (Å²) in [6, 6.07) is 25.6. The van der Waals surface area contributed by atoms with Gasteiger partial charge in [0.25, 0.3) is 0 Å². The van der Waals surface area contributed by atoms with Crippen LogP contribution in [-0.2, 0) is 4.79 Å². The normalized spacial score (nSPS) is 11.1. The molecule has 186 valence electrons. The van der Waals surface area contributed by atoms with Crippen molar-refractivity contribution in [2.45, 2.75) is 24.9 Å². The Morgan fingerprint density at radius 2 is 1.70 bits per heavy atom. The third-order valence-corrected chi connectivity index (χ3v) is 7.63. The number of hydrogen-bond acceptors (Lipinski definition) is 6. The average Bonchev–Trinajstić information content (AvgIpc) is 3.56. The van der Waals surface area contributed by atoms with Gasteiger partial charge in [0.05, 0.1) is 17.1 Å². The number of rotatable bonds is 8. The molecule has 0 bridgehead atoms. The molecule has 9 heteroatoms. The van der Waals surface area contributed by atoms with Crippen LogP contribution in [0, 0.1) is 0 Å². The lowest BCUT2D eigenvalue weighted by Gasteiger charge is -2.17. The molecule has 0 atom stereocenters. The number of aromatic nitrogens is 4. The third kappa shape index (κ3) is 5.77. The highest BCUT2D eigenvalue weighted by Gasteiger charge is 2.20. The number of benzene rings is 3. The Morgan fingerprint density at radius 1 is 0.973 bits per heavy atom. The molecule has 5 aromatic rings. The quantitative estimate of drug-likeness (QED) is 0.204. The van der Waals surface area contributed by atoms with Crippen LogP contribution in [0.25, 0.3) is 28.3 Å². The predicted molar refractivity (Wildman–Crippen MR) is 153 cm³/mol. The van der Waals surface area contributed by atoms with Crippen molar-refractivity contribution in [1.29, 1.82) is 0 Å². The number of nitrogens with one attached hydrogen (secondary N) is 1. The molecule has 0 aliphatic rings. The summed E-state index contributed by atoms with van der Waals surface area (Å²) in [7, 11) is 0. The molecule has 0 spiro atoms. The lowest BCUT2D eigenvalue weighted by Crippen LogP contribution is -2.14. The molecule has 5 rings (SSSR count). The number of halogens is 1. The SMILES string of the molecule is CC(C)c1ccccc1-n1c(SCC(=O)Nc2nc(-c3ccccc3)cs2)nnc1-c1ccc(Cl)cc1. The molecule has 0 fully saturated rings. The summed E-state index contributed by atoms with van der Waals surface area (Å²) >= 11 is 8.87. The Morgan fingerprint density at radius 3 is 2.46 bits per heavy atom. The molecular weight excluding hydrogens is 522 g/mol. The number of anilines is 1. The smallest absolute Gasteiger partial charge is 0.236 e. The summed E-state index contributed by atoms with van der Waals surface area (Å²) in [5.74, 6) is 1.00. The predicted octanol–water partition coefficient (Wildman–Crippen LogP) is 7.57. The van der Waals surface area contributed by atoms with E-state index in [0.29, 0.717) is 27.1 Å². The van der Waals surface area contributed by atoms with Gasteiger partial charge in [0.15, 0.2) is 16.1 Å². The Balaban J connectivity index is 1.39. The standard InChI is InChI=1S/C28H24ClN5OS2/c1-18(2)22-10-6-7-11-24(22)34-26(20-12-14-21(29)15-13-20)32-33-28(34)37-17-25(35)31-27-30-23(16-36-27)19-8-4-3-5-9-19/h3-16,18H,17H2,1-2H3,(H,30,31,35). The van der Waals surface area contributed by atoms with Gasteiger partial charge in [-0.05, 0) is 41.8 Å². The highest BCUT2D eigenvalue weighted by molar-refractivity contribution is 7.99. The Bertz CT molecular complexity index is 1510. The van der Waals surface area contributed by atoms with Crippen LogP contribution in [-0.4, -0.2) is 31.4 Å². The minimum atomic E-state index is -0.154. The summed E-state index contributed by atoms with van der Waals surface area (Å²) in [6.45, 7) is 4.31. The van der Waals surface area contributed by atoms with Gasteiger partial charge < -0.3 is 5.32 Å². The molecule has 0 radical (unpaired) electrons. The summed E-state index contributed by atoms with van der Waals surface area (Å²) in [5, 5.41) is 15.7. The molecule has 0 unspecified atom stereocenters. The molecular formula is C28H24ClN5OS2. The van der Waals surface area contributed by atoms with Gasteiger partial charge >= 0.3 is 0 Å². The number of nitrogens with zero attached hydrogens (tertiary/aromatic N) is 4. The van der Waals surface area contributed by atoms with E-state index in [1.165, 1.54) is 28.7 Å². The molecule has 0 aliphatic heterocycles. The first-order valence-electron chi connectivity index (χ1n) is 11.7. The lowest BCUT2D eigenvalue weighted by molar-refractivity contribution is -0.113. The number of thioether (sulfide) groups is 1. The van der Waals surface area contributed by atoms with Crippen molar-refractivity contribution in [2.24, 2.45) is 0 Å². The van der Waals surface area contributed by atoms with E-state index in [1.807, 2.05) is 76.7 Å². The van der Waals surface area contributed by atoms with E-state index < -0.39 is 0 Å². The first-order chi connectivity index (χ1) is 18.0. The number of hydrogen-bond donors (Lipinski definition) is 1. The summed E-state index contributed by atoms with van der Waals surface area (Å²) in [4.78, 5) is 17.4. The lowest BCUT2D eigenvalue weighted by atomic mass is 10.0. The van der Waals surface area contributed by atoms with Crippen LogP contribution in [0.5, 0.6) is 0 Å². The maximum Gasteiger partial charge on any atom is 0.236 e. The minimum Gasteiger partial charge on any atom is -0.301 e. The molecule has 1 amide bonds. The van der Waals surface area contributed by atoms with Crippen molar-refractivity contribution in [2.75, 3.05) is 11.1 Å². The average molecular weight is 546 g/mol. The van der Waals surface area contributed by atoms with E-state index in [0.717, 1.165) is 22.5 Å². The monoisotopic (exact) mass is 545 g/mol. The first kappa shape index (κ1) is 25.2. The minimum absolute atomic E-state index is 0.154. The van der Waals surface area contributed by atoms with E-state index in [1.54, 1.807) is 0 Å². The van der Waals surface area contributed by atoms with Crippen molar-refractivity contribution in [3.63, 3.8) is 0 Å². The van der Waals surface area contributed by atoms with Crippen LogP contribution in [0.15, 0.2) is 89.4 Å². The molecule has 2 heterocycles. The van der Waals surface area contributed by atoms with E-state index >= 15 is 0 Å². The van der Waals surface area contributed by atoms with Gasteiger partial charge in [0, 0.05) is 21.5 Å². The maximum atomic E-state index is 12.8. The summed E-state index contributed by atoms with van der Waals surface area (Å²) < 4.78 is 2.02. The van der Waals surface area contributed by atoms with Crippen molar-refractivity contribution in [3.05, 3.63) is 94.8 Å². The van der Waals surface area contributed by atoms with Crippen LogP contribution in [0.2, 0.25) is 5.02 Å². The van der Waals surface area contributed by atoms with Gasteiger partial charge in [-0.1, -0.05) is 85.7 Å². The van der Waals surface area contributed by atoms with E-state index in [4.69, 9.17) is 11.6 Å². The van der Waals surface area contributed by atoms with Gasteiger partial charge in [-0.3, -0.25) is 9.36 Å². The van der Waals surface area contributed by atoms with Crippen LogP contribution >= 0.6 is 34.7 Å². The van der Waals surface area contributed by atoms with Gasteiger partial charge in [-0.2, -0.15) is 0 Å². The van der Waals surface area contributed by atoms with Gasteiger partial charge in [-0.15, -0.1) is 21.5 Å². The molecule has 0 aliphatic carbocycles. The molecule has 0 saturated carbocycles.